The summed E-state index contributed by atoms with van der Waals surface area (Å²) >= 11 is 1.63. The zero-order valence-corrected chi connectivity index (χ0v) is 21.1. The van der Waals surface area contributed by atoms with Gasteiger partial charge in [0.2, 0.25) is 0 Å². The topological polar surface area (TPSA) is 80.2 Å². The number of aliphatic imine (C=N–C) groups is 1. The predicted octanol–water partition coefficient (Wildman–Crippen LogP) is 5.27. The first-order chi connectivity index (χ1) is 17.7. The molecule has 2 aliphatic heterocycles. The summed E-state index contributed by atoms with van der Waals surface area (Å²) in [7, 11) is 1.52. The molecule has 0 spiro atoms. The minimum Gasteiger partial charge on any atom is -0.460 e. The summed E-state index contributed by atoms with van der Waals surface area (Å²) in [6.07, 6.45) is -3.61. The number of nitrogens with one attached hydrogen (secondary N) is 1. The van der Waals surface area contributed by atoms with Crippen LogP contribution in [0.1, 0.15) is 40.9 Å². The zero-order valence-electron chi connectivity index (χ0n) is 20.3. The molecule has 1 atom stereocenters. The fourth-order valence-corrected chi connectivity index (χ4v) is 5.18. The molecule has 1 fully saturated rings. The van der Waals surface area contributed by atoms with Crippen molar-refractivity contribution in [2.45, 2.75) is 25.6 Å². The highest BCUT2D eigenvalue weighted by Crippen LogP contribution is 2.40. The fourth-order valence-electron chi connectivity index (χ4n) is 4.16. The molecule has 11 heteroatoms. The molecule has 4 rings (SSSR count). The number of methoxy groups -OCH3 is 1. The number of amidine groups is 1. The number of alkyl halides is 3. The number of anilines is 1. The number of amides is 1. The average Bonchev–Trinajstić information content (AvgIpc) is 2.88. The van der Waals surface area contributed by atoms with Gasteiger partial charge in [-0.3, -0.25) is 4.79 Å². The Morgan fingerprint density at radius 1 is 1.16 bits per heavy atom. The first kappa shape index (κ1) is 26.7. The zero-order chi connectivity index (χ0) is 26.6. The summed E-state index contributed by atoms with van der Waals surface area (Å²) < 4.78 is 49.4. The molecule has 1 amide bonds. The smallest absolute Gasteiger partial charge is 0.416 e. The highest BCUT2D eigenvalue weighted by Gasteiger charge is 2.38. The molecular formula is C26H26F3N3O4S. The molecule has 37 heavy (non-hydrogen) atoms. The Morgan fingerprint density at radius 3 is 2.62 bits per heavy atom. The van der Waals surface area contributed by atoms with Crippen molar-refractivity contribution >= 4 is 34.5 Å². The minimum atomic E-state index is -4.54. The molecule has 0 radical (unpaired) electrons. The lowest BCUT2D eigenvalue weighted by atomic mass is 9.94. The molecule has 2 aliphatic rings. The lowest BCUT2D eigenvalue weighted by Gasteiger charge is -2.40. The number of allylic oxidation sites excluding steroid dienone is 1. The van der Waals surface area contributed by atoms with Crippen molar-refractivity contribution in [3.05, 3.63) is 76.5 Å². The van der Waals surface area contributed by atoms with Crippen LogP contribution in [-0.2, 0) is 20.4 Å². The average molecular weight is 534 g/mol. The first-order valence-corrected chi connectivity index (χ1v) is 12.6. The van der Waals surface area contributed by atoms with Crippen molar-refractivity contribution < 1.29 is 32.2 Å². The molecule has 0 bridgehead atoms. The van der Waals surface area contributed by atoms with Crippen LogP contribution in [0.3, 0.4) is 0 Å². The number of carbonyl (C=O) groups excluding carboxylic acids is 2. The number of hydrogen-bond acceptors (Lipinski definition) is 7. The van der Waals surface area contributed by atoms with Crippen molar-refractivity contribution in [2.75, 3.05) is 37.9 Å². The van der Waals surface area contributed by atoms with Crippen LogP contribution in [-0.4, -0.2) is 54.6 Å². The van der Waals surface area contributed by atoms with E-state index in [1.807, 2.05) is 0 Å². The maximum absolute atomic E-state index is 13.0. The quantitative estimate of drug-likeness (QED) is 0.386. The summed E-state index contributed by atoms with van der Waals surface area (Å²) in [4.78, 5) is 32.3. The Morgan fingerprint density at radius 2 is 1.92 bits per heavy atom. The predicted molar refractivity (Wildman–Crippen MR) is 135 cm³/mol. The van der Waals surface area contributed by atoms with Crippen molar-refractivity contribution in [2.24, 2.45) is 4.99 Å². The van der Waals surface area contributed by atoms with E-state index in [4.69, 9.17) is 9.47 Å². The Hall–Kier alpha value is -3.31. The second-order valence-electron chi connectivity index (χ2n) is 8.47. The largest absolute Gasteiger partial charge is 0.460 e. The Kier molecular flexibility index (Phi) is 8.23. The van der Waals surface area contributed by atoms with Crippen LogP contribution in [0.15, 0.2) is 64.8 Å². The first-order valence-electron chi connectivity index (χ1n) is 11.6. The summed E-state index contributed by atoms with van der Waals surface area (Å²) in [6, 6.07) is 10.7. The van der Waals surface area contributed by atoms with E-state index >= 15 is 0 Å². The maximum atomic E-state index is 13.0. The van der Waals surface area contributed by atoms with E-state index in [2.05, 4.69) is 15.2 Å². The van der Waals surface area contributed by atoms with Crippen LogP contribution in [0.2, 0.25) is 0 Å². The van der Waals surface area contributed by atoms with Gasteiger partial charge in [0.1, 0.15) is 6.61 Å². The molecule has 0 aliphatic carbocycles. The summed E-state index contributed by atoms with van der Waals surface area (Å²) in [5.74, 6) is -0.194. The second kappa shape index (κ2) is 11.4. The lowest BCUT2D eigenvalue weighted by Crippen LogP contribution is -2.42. The van der Waals surface area contributed by atoms with Crippen LogP contribution in [0.25, 0.3) is 0 Å². The number of thioether (sulfide) groups is 1. The van der Waals surface area contributed by atoms with E-state index in [-0.39, 0.29) is 18.8 Å². The lowest BCUT2D eigenvalue weighted by molar-refractivity contribution is -0.141. The Bertz CT molecular complexity index is 1230. The van der Waals surface area contributed by atoms with Gasteiger partial charge >= 0.3 is 12.1 Å². The van der Waals surface area contributed by atoms with E-state index in [0.717, 1.165) is 35.0 Å². The number of nitrogens with zero attached hydrogens (tertiary/aromatic N) is 2. The van der Waals surface area contributed by atoms with Gasteiger partial charge in [0.05, 0.1) is 29.5 Å². The van der Waals surface area contributed by atoms with Gasteiger partial charge in [-0.15, -0.1) is 0 Å². The number of benzene rings is 2. The van der Waals surface area contributed by atoms with Gasteiger partial charge in [0.15, 0.2) is 5.17 Å². The number of carbonyl (C=O) groups is 2. The third kappa shape index (κ3) is 6.16. The molecule has 2 aromatic carbocycles. The van der Waals surface area contributed by atoms with Crippen LogP contribution >= 0.6 is 11.8 Å². The SMILES string of the molecule is COCCOC(=O)C1=C(C)N=C2SCCCN2[C@@H]1c1ccc(NC(=O)c2cccc(C(F)(F)F)c2)cc1. The Balaban J connectivity index is 1.57. The molecule has 2 aromatic rings. The highest BCUT2D eigenvalue weighted by molar-refractivity contribution is 8.13. The van der Waals surface area contributed by atoms with E-state index in [0.29, 0.717) is 23.5 Å². The number of rotatable bonds is 7. The Labute approximate surface area is 216 Å². The molecule has 0 unspecified atom stereocenters. The molecular weight excluding hydrogens is 507 g/mol. The van der Waals surface area contributed by atoms with E-state index in [9.17, 15) is 22.8 Å². The van der Waals surface area contributed by atoms with Gasteiger partial charge in [-0.1, -0.05) is 30.0 Å². The van der Waals surface area contributed by atoms with Gasteiger partial charge < -0.3 is 19.7 Å². The van der Waals surface area contributed by atoms with Crippen LogP contribution in [0.4, 0.5) is 18.9 Å². The maximum Gasteiger partial charge on any atom is 0.416 e. The van der Waals surface area contributed by atoms with Gasteiger partial charge in [-0.05, 0) is 49.2 Å². The van der Waals surface area contributed by atoms with Crippen LogP contribution in [0, 0.1) is 0 Å². The summed E-state index contributed by atoms with van der Waals surface area (Å²) in [5.41, 5.74) is 1.23. The van der Waals surface area contributed by atoms with Gasteiger partial charge in [-0.25, -0.2) is 9.79 Å². The summed E-state index contributed by atoms with van der Waals surface area (Å²) in [6.45, 7) is 2.89. The van der Waals surface area contributed by atoms with Gasteiger partial charge in [0.25, 0.3) is 5.91 Å². The van der Waals surface area contributed by atoms with Gasteiger partial charge in [-0.2, -0.15) is 13.2 Å². The molecule has 0 saturated carbocycles. The molecule has 2 heterocycles. The highest BCUT2D eigenvalue weighted by atomic mass is 32.2. The van der Waals surface area contributed by atoms with Gasteiger partial charge in [0, 0.05) is 30.7 Å². The van der Waals surface area contributed by atoms with Crippen LogP contribution < -0.4 is 5.32 Å². The molecule has 0 aromatic heterocycles. The number of fused-ring (bicyclic) bond motifs is 1. The number of ether oxygens (including phenoxy) is 2. The number of halogens is 3. The van der Waals surface area contributed by atoms with Crippen molar-refractivity contribution in [3.8, 4) is 0 Å². The van der Waals surface area contributed by atoms with E-state index in [1.165, 1.54) is 19.2 Å². The number of esters is 1. The minimum absolute atomic E-state index is 0.1000. The molecule has 1 saturated heterocycles. The molecule has 1 N–H and O–H groups in total. The number of hydrogen-bond donors (Lipinski definition) is 1. The third-order valence-corrected chi connectivity index (χ3v) is 7.01. The standard InChI is InChI=1S/C26H26F3N3O4S/c1-16-21(24(34)36-13-12-35-2)22(32-11-4-14-37-25(32)30-16)17-7-9-20(10-8-17)31-23(33)18-5-3-6-19(15-18)26(27,28)29/h3,5-10,15,22H,4,11-14H2,1-2H3,(H,31,33)/t22-/m1/s1. The van der Waals surface area contributed by atoms with Crippen LogP contribution in [0.5, 0.6) is 0 Å². The monoisotopic (exact) mass is 533 g/mol. The fraction of sp³-hybridized carbons (Fsp3) is 0.346. The third-order valence-electron chi connectivity index (χ3n) is 5.94. The second-order valence-corrected chi connectivity index (χ2v) is 9.54. The van der Waals surface area contributed by atoms with Crippen molar-refractivity contribution in [3.63, 3.8) is 0 Å². The normalized spacial score (nSPS) is 17.7. The van der Waals surface area contributed by atoms with Crippen molar-refractivity contribution in [1.29, 1.82) is 0 Å². The van der Waals surface area contributed by atoms with Crippen molar-refractivity contribution in [1.82, 2.24) is 4.90 Å². The summed E-state index contributed by atoms with van der Waals surface area (Å²) in [5, 5.41) is 3.47. The molecule has 196 valence electrons. The molecule has 7 nitrogen and oxygen atoms in total. The van der Waals surface area contributed by atoms with E-state index in [1.54, 1.807) is 43.0 Å². The van der Waals surface area contributed by atoms with E-state index < -0.39 is 29.7 Å².